The maximum absolute atomic E-state index is 14.4. The van der Waals surface area contributed by atoms with Crippen molar-refractivity contribution in [1.82, 2.24) is 10.3 Å². The van der Waals surface area contributed by atoms with Gasteiger partial charge in [0.25, 0.3) is 11.8 Å². The van der Waals surface area contributed by atoms with Gasteiger partial charge in [0.05, 0.1) is 23.3 Å². The third kappa shape index (κ3) is 5.39. The number of halogens is 4. The van der Waals surface area contributed by atoms with Crippen LogP contribution in [0.25, 0.3) is 0 Å². The summed E-state index contributed by atoms with van der Waals surface area (Å²) >= 11 is 6.52. The van der Waals surface area contributed by atoms with Crippen molar-refractivity contribution < 1.29 is 31.2 Å². The molecule has 1 aromatic heterocycles. The lowest BCUT2D eigenvalue weighted by Gasteiger charge is -2.43. The van der Waals surface area contributed by atoms with E-state index in [1.165, 1.54) is 42.6 Å². The number of hydrogen-bond donors (Lipinski definition) is 2. The molecule has 2 fully saturated rings. The first-order valence-corrected chi connectivity index (χ1v) is 14.7. The zero-order chi connectivity index (χ0) is 30.3. The van der Waals surface area contributed by atoms with Gasteiger partial charge in [0.1, 0.15) is 11.6 Å². The predicted molar refractivity (Wildman–Crippen MR) is 148 cm³/mol. The number of nitriles is 1. The fourth-order valence-electron chi connectivity index (χ4n) is 5.45. The van der Waals surface area contributed by atoms with Crippen LogP contribution in [0.4, 0.5) is 24.7 Å². The van der Waals surface area contributed by atoms with E-state index < -0.39 is 76.1 Å². The van der Waals surface area contributed by atoms with Gasteiger partial charge in [-0.25, -0.2) is 30.9 Å². The summed E-state index contributed by atoms with van der Waals surface area (Å²) in [4.78, 5) is 32.6. The maximum atomic E-state index is 14.4. The van der Waals surface area contributed by atoms with Crippen LogP contribution < -0.4 is 14.9 Å². The largest absolute Gasteiger partial charge is 0.352 e. The van der Waals surface area contributed by atoms with Crippen molar-refractivity contribution in [3.05, 3.63) is 88.8 Å². The summed E-state index contributed by atoms with van der Waals surface area (Å²) < 4.78 is 69.5. The van der Waals surface area contributed by atoms with Gasteiger partial charge in [-0.15, -0.1) is 0 Å². The molecule has 2 amide bonds. The van der Waals surface area contributed by atoms with Gasteiger partial charge in [-0.2, -0.15) is 5.26 Å². The molecule has 2 aliphatic rings. The molecule has 0 spiro atoms. The normalized spacial score (nSPS) is 21.5. The van der Waals surface area contributed by atoms with E-state index in [1.54, 1.807) is 6.07 Å². The summed E-state index contributed by atoms with van der Waals surface area (Å²) in [5.74, 6) is -8.21. The molecule has 0 radical (unpaired) electrons. The third-order valence-electron chi connectivity index (χ3n) is 7.33. The van der Waals surface area contributed by atoms with Crippen molar-refractivity contribution in [3.63, 3.8) is 0 Å². The Morgan fingerprint density at radius 1 is 1.12 bits per heavy atom. The minimum absolute atomic E-state index is 0.0116. The average molecular weight is 618 g/mol. The van der Waals surface area contributed by atoms with Gasteiger partial charge in [0, 0.05) is 35.8 Å². The van der Waals surface area contributed by atoms with Crippen LogP contribution in [-0.2, 0) is 19.6 Å². The average Bonchev–Trinajstić information content (AvgIpc) is 3.20. The van der Waals surface area contributed by atoms with Gasteiger partial charge in [-0.3, -0.25) is 9.59 Å². The van der Waals surface area contributed by atoms with Crippen LogP contribution in [0.1, 0.15) is 36.3 Å². The lowest BCUT2D eigenvalue weighted by molar-refractivity contribution is -0.135. The van der Waals surface area contributed by atoms with Crippen molar-refractivity contribution in [2.24, 2.45) is 0 Å². The van der Waals surface area contributed by atoms with E-state index in [1.807, 2.05) is 6.07 Å². The molecule has 1 aliphatic carbocycles. The van der Waals surface area contributed by atoms with E-state index in [-0.39, 0.29) is 27.7 Å². The number of amides is 2. The Bertz CT molecular complexity index is 1710. The number of pyridine rings is 1. The molecule has 1 saturated heterocycles. The summed E-state index contributed by atoms with van der Waals surface area (Å²) in [7, 11) is -4.37. The predicted octanol–water partition coefficient (Wildman–Crippen LogP) is 4.36. The van der Waals surface area contributed by atoms with Crippen molar-refractivity contribution in [2.45, 2.75) is 42.7 Å². The van der Waals surface area contributed by atoms with Gasteiger partial charge in [-0.1, -0.05) is 35.9 Å². The van der Waals surface area contributed by atoms with Crippen LogP contribution in [0.15, 0.2) is 66.9 Å². The molecule has 1 saturated carbocycles. The number of carbonyl (C=O) groups is 2. The Kier molecular flexibility index (Phi) is 7.63. The number of anilines is 2. The molecule has 2 heterocycles. The summed E-state index contributed by atoms with van der Waals surface area (Å²) in [6.45, 7) is 0. The minimum Gasteiger partial charge on any atom is -0.352 e. The van der Waals surface area contributed by atoms with Crippen molar-refractivity contribution >= 4 is 44.9 Å². The molecule has 0 bridgehead atoms. The van der Waals surface area contributed by atoms with E-state index in [0.29, 0.717) is 4.31 Å². The number of sulfonamides is 1. The van der Waals surface area contributed by atoms with E-state index in [9.17, 15) is 36.4 Å². The Labute approximate surface area is 244 Å². The smallest absolute Gasteiger partial charge is 0.252 e. The first kappa shape index (κ1) is 29.3. The fraction of sp³-hybridized carbons (Fsp3) is 0.286. The molecule has 9 nitrogen and oxygen atoms in total. The summed E-state index contributed by atoms with van der Waals surface area (Å²) in [6.07, 6.45) is -0.550. The Balaban J connectivity index is 1.73. The highest BCUT2D eigenvalue weighted by molar-refractivity contribution is 7.93. The maximum Gasteiger partial charge on any atom is 0.252 e. The van der Waals surface area contributed by atoms with Crippen LogP contribution >= 0.6 is 11.6 Å². The number of alkyl halides is 2. The van der Waals surface area contributed by atoms with Gasteiger partial charge in [-0.05, 0) is 48.4 Å². The highest BCUT2D eigenvalue weighted by Crippen LogP contribution is 2.48. The number of nitrogens with one attached hydrogen (secondary N) is 2. The second-order valence-electron chi connectivity index (χ2n) is 10.2. The number of nitrogens with zero attached hydrogens (tertiary/aromatic N) is 3. The van der Waals surface area contributed by atoms with Gasteiger partial charge >= 0.3 is 0 Å². The fourth-order valence-corrected chi connectivity index (χ4v) is 7.61. The van der Waals surface area contributed by atoms with Crippen LogP contribution in [0.2, 0.25) is 5.02 Å². The molecule has 1 unspecified atom stereocenters. The minimum atomic E-state index is -4.37. The van der Waals surface area contributed by atoms with Gasteiger partial charge in [0.15, 0.2) is 5.54 Å². The molecule has 5 rings (SSSR count). The standard InChI is InChI=1S/C28H23ClF3N5O4S/c29-22-7-2-1-6-21(22)24(25(38)35-20-14-27(31,32)15-20)28(26(39)36-19-5-3-4-18(30)13-19)9-11-42(40,41)37(28)23-12-17(16-33)8-10-34-23/h1-8,10,12-13,20,24H,9,11,14-15H2,(H,35,38)(H,36,39)/t24-,28?/m1/s1. The number of hydrogen-bond acceptors (Lipinski definition) is 6. The number of rotatable bonds is 7. The summed E-state index contributed by atoms with van der Waals surface area (Å²) in [6, 6.07) is 14.2. The first-order valence-electron chi connectivity index (χ1n) is 12.8. The van der Waals surface area contributed by atoms with Crippen LogP contribution in [-0.4, -0.2) is 48.5 Å². The van der Waals surface area contributed by atoms with Crippen molar-refractivity contribution in [3.8, 4) is 6.07 Å². The molecule has 42 heavy (non-hydrogen) atoms. The second-order valence-corrected chi connectivity index (χ2v) is 12.5. The SMILES string of the molecule is N#Cc1ccnc(N2C(C(=O)Nc3cccc(F)c3)([C@@H](C(=O)NC3CC(F)(F)C3)c3ccccc3Cl)CCS2(=O)=O)c1. The lowest BCUT2D eigenvalue weighted by Crippen LogP contribution is -2.63. The number of aromatic nitrogens is 1. The lowest BCUT2D eigenvalue weighted by atomic mass is 9.74. The van der Waals surface area contributed by atoms with E-state index in [0.717, 1.165) is 18.2 Å². The molecule has 2 aromatic carbocycles. The van der Waals surface area contributed by atoms with Crippen LogP contribution in [0, 0.1) is 17.1 Å². The monoisotopic (exact) mass is 617 g/mol. The topological polar surface area (TPSA) is 132 Å². The van der Waals surface area contributed by atoms with Crippen molar-refractivity contribution in [2.75, 3.05) is 15.4 Å². The summed E-state index contributed by atoms with van der Waals surface area (Å²) in [5, 5.41) is 14.6. The van der Waals surface area contributed by atoms with E-state index in [4.69, 9.17) is 11.6 Å². The highest BCUT2D eigenvalue weighted by Gasteiger charge is 2.63. The Morgan fingerprint density at radius 3 is 2.52 bits per heavy atom. The molecule has 1 aliphatic heterocycles. The van der Waals surface area contributed by atoms with Gasteiger partial charge < -0.3 is 10.6 Å². The second kappa shape index (κ2) is 10.9. The van der Waals surface area contributed by atoms with Gasteiger partial charge in [0.2, 0.25) is 15.9 Å². The molecule has 2 N–H and O–H groups in total. The van der Waals surface area contributed by atoms with E-state index in [2.05, 4.69) is 15.6 Å². The van der Waals surface area contributed by atoms with E-state index >= 15 is 0 Å². The Hall–Kier alpha value is -4.15. The highest BCUT2D eigenvalue weighted by atomic mass is 35.5. The van der Waals surface area contributed by atoms with Crippen LogP contribution in [0.5, 0.6) is 0 Å². The molecule has 2 atom stereocenters. The molecular formula is C28H23ClF3N5O4S. The van der Waals surface area contributed by atoms with Crippen LogP contribution in [0.3, 0.4) is 0 Å². The summed E-state index contributed by atoms with van der Waals surface area (Å²) in [5.41, 5.74) is -2.26. The third-order valence-corrected chi connectivity index (χ3v) is 9.47. The molecule has 3 aromatic rings. The molecule has 218 valence electrons. The Morgan fingerprint density at radius 2 is 1.86 bits per heavy atom. The number of benzene rings is 2. The quantitative estimate of drug-likeness (QED) is 0.405. The molecular weight excluding hydrogens is 595 g/mol. The first-order chi connectivity index (χ1) is 19.9. The zero-order valence-electron chi connectivity index (χ0n) is 21.7. The number of carbonyl (C=O) groups excluding carboxylic acids is 2. The molecule has 14 heteroatoms. The zero-order valence-corrected chi connectivity index (χ0v) is 23.3. The van der Waals surface area contributed by atoms with Crippen molar-refractivity contribution in [1.29, 1.82) is 5.26 Å².